The Hall–Kier alpha value is -3.40. The number of carbonyl (C=O) groups excluding carboxylic acids is 1. The predicted molar refractivity (Wildman–Crippen MR) is 106 cm³/mol. The molecule has 2 N–H and O–H groups in total. The molecular weight excluding hydrogens is 376 g/mol. The lowest BCUT2D eigenvalue weighted by Crippen LogP contribution is -2.42. The van der Waals surface area contributed by atoms with Gasteiger partial charge in [-0.1, -0.05) is 0 Å². The molecule has 0 aliphatic carbocycles. The highest BCUT2D eigenvalue weighted by Crippen LogP contribution is 2.34. The molecule has 1 aliphatic heterocycles. The third kappa shape index (κ3) is 3.66. The van der Waals surface area contributed by atoms with E-state index in [1.165, 1.54) is 6.33 Å². The van der Waals surface area contributed by atoms with Gasteiger partial charge in [0.2, 0.25) is 5.91 Å². The van der Waals surface area contributed by atoms with E-state index in [2.05, 4.69) is 15.1 Å². The summed E-state index contributed by atoms with van der Waals surface area (Å²) in [5.74, 6) is 1.46. The van der Waals surface area contributed by atoms with Crippen LogP contribution in [0.1, 0.15) is 0 Å². The first-order chi connectivity index (χ1) is 14.1. The van der Waals surface area contributed by atoms with E-state index in [0.717, 1.165) is 5.56 Å². The number of nitrogens with zero attached hydrogens (tertiary/aromatic N) is 5. The molecule has 2 aromatic heterocycles. The Morgan fingerprint density at radius 2 is 1.83 bits per heavy atom. The fraction of sp³-hybridized carbons (Fsp3) is 0.368. The molecule has 3 aromatic rings. The van der Waals surface area contributed by atoms with Crippen LogP contribution in [-0.4, -0.2) is 71.1 Å². The van der Waals surface area contributed by atoms with Crippen LogP contribution in [0.25, 0.3) is 22.3 Å². The minimum Gasteiger partial charge on any atom is -0.497 e. The summed E-state index contributed by atoms with van der Waals surface area (Å²) in [4.78, 5) is 22.9. The zero-order chi connectivity index (χ0) is 20.4. The minimum absolute atomic E-state index is 0.0497. The molecule has 10 nitrogen and oxygen atoms in total. The van der Waals surface area contributed by atoms with Gasteiger partial charge in [-0.25, -0.2) is 14.6 Å². The highest BCUT2D eigenvalue weighted by atomic mass is 16.5. The SMILES string of the molecule is COc1cc(OC)cc(-c2nn(CC(=O)N3CCOCC3)c3ncnc(N)c23)c1. The van der Waals surface area contributed by atoms with Crippen molar-refractivity contribution in [2.45, 2.75) is 6.54 Å². The van der Waals surface area contributed by atoms with E-state index in [9.17, 15) is 4.79 Å². The average Bonchev–Trinajstić information content (AvgIpc) is 3.13. The molecule has 0 atom stereocenters. The summed E-state index contributed by atoms with van der Waals surface area (Å²) >= 11 is 0. The van der Waals surface area contributed by atoms with Crippen LogP contribution in [0, 0.1) is 0 Å². The molecule has 10 heteroatoms. The minimum atomic E-state index is -0.0512. The van der Waals surface area contributed by atoms with E-state index in [-0.39, 0.29) is 18.3 Å². The number of fused-ring (bicyclic) bond motifs is 1. The number of nitrogens with two attached hydrogens (primary N) is 1. The number of morpholine rings is 1. The molecule has 4 rings (SSSR count). The van der Waals surface area contributed by atoms with Crippen molar-refractivity contribution in [1.82, 2.24) is 24.6 Å². The quantitative estimate of drug-likeness (QED) is 0.675. The molecule has 1 saturated heterocycles. The highest BCUT2D eigenvalue weighted by molar-refractivity contribution is 5.99. The van der Waals surface area contributed by atoms with Crippen LogP contribution in [0.4, 0.5) is 5.82 Å². The normalized spacial score (nSPS) is 14.2. The number of rotatable bonds is 5. The van der Waals surface area contributed by atoms with E-state index in [0.29, 0.717) is 54.5 Å². The van der Waals surface area contributed by atoms with Gasteiger partial charge in [-0.05, 0) is 12.1 Å². The summed E-state index contributed by atoms with van der Waals surface area (Å²) in [6.45, 7) is 2.25. The maximum atomic E-state index is 12.7. The number of hydrogen-bond acceptors (Lipinski definition) is 8. The van der Waals surface area contributed by atoms with E-state index < -0.39 is 0 Å². The summed E-state index contributed by atoms with van der Waals surface area (Å²) in [6.07, 6.45) is 1.37. The maximum absolute atomic E-state index is 12.7. The zero-order valence-corrected chi connectivity index (χ0v) is 16.3. The third-order valence-electron chi connectivity index (χ3n) is 4.83. The van der Waals surface area contributed by atoms with Crippen LogP contribution in [-0.2, 0) is 16.1 Å². The van der Waals surface area contributed by atoms with Crippen LogP contribution in [0.15, 0.2) is 24.5 Å². The number of anilines is 1. The fourth-order valence-corrected chi connectivity index (χ4v) is 3.33. The number of ether oxygens (including phenoxy) is 3. The van der Waals surface area contributed by atoms with Gasteiger partial charge in [0, 0.05) is 24.7 Å². The van der Waals surface area contributed by atoms with Crippen LogP contribution in [0.2, 0.25) is 0 Å². The molecule has 0 spiro atoms. The summed E-state index contributed by atoms with van der Waals surface area (Å²) in [5, 5.41) is 5.23. The Kier molecular flexibility index (Phi) is 5.17. The number of amides is 1. The van der Waals surface area contributed by atoms with Crippen molar-refractivity contribution in [3.8, 4) is 22.8 Å². The van der Waals surface area contributed by atoms with Crippen molar-refractivity contribution in [1.29, 1.82) is 0 Å². The van der Waals surface area contributed by atoms with Gasteiger partial charge < -0.3 is 24.8 Å². The summed E-state index contributed by atoms with van der Waals surface area (Å²) < 4.78 is 17.6. The number of carbonyl (C=O) groups is 1. The van der Waals surface area contributed by atoms with Gasteiger partial charge in [0.25, 0.3) is 0 Å². The Balaban J connectivity index is 1.78. The van der Waals surface area contributed by atoms with Crippen molar-refractivity contribution >= 4 is 22.8 Å². The van der Waals surface area contributed by atoms with E-state index in [4.69, 9.17) is 19.9 Å². The average molecular weight is 398 g/mol. The summed E-state index contributed by atoms with van der Waals surface area (Å²) in [6, 6.07) is 5.42. The lowest BCUT2D eigenvalue weighted by molar-refractivity contribution is -0.136. The second-order valence-electron chi connectivity index (χ2n) is 6.56. The molecule has 0 saturated carbocycles. The van der Waals surface area contributed by atoms with E-state index in [1.807, 2.05) is 12.1 Å². The molecule has 1 aromatic carbocycles. The summed E-state index contributed by atoms with van der Waals surface area (Å²) in [5.41, 5.74) is 7.93. The monoisotopic (exact) mass is 398 g/mol. The number of benzene rings is 1. The maximum Gasteiger partial charge on any atom is 0.244 e. The van der Waals surface area contributed by atoms with Crippen molar-refractivity contribution in [2.75, 3.05) is 46.3 Å². The first-order valence-corrected chi connectivity index (χ1v) is 9.16. The van der Waals surface area contributed by atoms with Crippen LogP contribution < -0.4 is 15.2 Å². The topological polar surface area (TPSA) is 118 Å². The Morgan fingerprint density at radius 1 is 1.14 bits per heavy atom. The van der Waals surface area contributed by atoms with Gasteiger partial charge in [-0.3, -0.25) is 4.79 Å². The van der Waals surface area contributed by atoms with Crippen molar-refractivity contribution in [3.63, 3.8) is 0 Å². The van der Waals surface area contributed by atoms with Crippen molar-refractivity contribution in [3.05, 3.63) is 24.5 Å². The smallest absolute Gasteiger partial charge is 0.244 e. The van der Waals surface area contributed by atoms with Gasteiger partial charge in [-0.2, -0.15) is 5.10 Å². The molecule has 152 valence electrons. The van der Waals surface area contributed by atoms with E-state index in [1.54, 1.807) is 29.9 Å². The lowest BCUT2D eigenvalue weighted by Gasteiger charge is -2.26. The number of methoxy groups -OCH3 is 2. The highest BCUT2D eigenvalue weighted by Gasteiger charge is 2.22. The molecule has 29 heavy (non-hydrogen) atoms. The second-order valence-corrected chi connectivity index (χ2v) is 6.56. The molecule has 1 aliphatic rings. The standard InChI is InChI=1S/C19H22N6O4/c1-27-13-7-12(8-14(9-13)28-2)17-16-18(20)21-11-22-19(16)25(23-17)10-15(26)24-3-5-29-6-4-24/h7-9,11H,3-6,10H2,1-2H3,(H2,20,21,22). The molecule has 1 amide bonds. The number of nitrogen functional groups attached to an aromatic ring is 1. The van der Waals surface area contributed by atoms with Crippen LogP contribution >= 0.6 is 0 Å². The molecule has 0 bridgehead atoms. The molecule has 0 unspecified atom stereocenters. The predicted octanol–water partition coefficient (Wildman–Crippen LogP) is 0.951. The van der Waals surface area contributed by atoms with Crippen LogP contribution in [0.3, 0.4) is 0 Å². The number of aromatic nitrogens is 4. The first-order valence-electron chi connectivity index (χ1n) is 9.16. The van der Waals surface area contributed by atoms with Gasteiger partial charge >= 0.3 is 0 Å². The molecule has 1 fully saturated rings. The largest absolute Gasteiger partial charge is 0.497 e. The summed E-state index contributed by atoms with van der Waals surface area (Å²) in [7, 11) is 3.15. The van der Waals surface area contributed by atoms with Gasteiger partial charge in [0.15, 0.2) is 5.65 Å². The Bertz CT molecular complexity index is 1020. The van der Waals surface area contributed by atoms with Gasteiger partial charge in [0.1, 0.15) is 35.9 Å². The van der Waals surface area contributed by atoms with E-state index >= 15 is 0 Å². The second kappa shape index (κ2) is 7.92. The van der Waals surface area contributed by atoms with Crippen LogP contribution in [0.5, 0.6) is 11.5 Å². The lowest BCUT2D eigenvalue weighted by atomic mass is 10.1. The van der Waals surface area contributed by atoms with Crippen molar-refractivity contribution < 1.29 is 19.0 Å². The van der Waals surface area contributed by atoms with Gasteiger partial charge in [0.05, 0.1) is 32.8 Å². The Morgan fingerprint density at radius 3 is 2.48 bits per heavy atom. The van der Waals surface area contributed by atoms with Crippen molar-refractivity contribution in [2.24, 2.45) is 0 Å². The molecule has 3 heterocycles. The Labute approximate surface area is 167 Å². The van der Waals surface area contributed by atoms with Gasteiger partial charge in [-0.15, -0.1) is 0 Å². The first kappa shape index (κ1) is 18.9. The number of hydrogen-bond donors (Lipinski definition) is 1. The molecular formula is C19H22N6O4. The third-order valence-corrected chi connectivity index (χ3v) is 4.83. The fourth-order valence-electron chi connectivity index (χ4n) is 3.33. The zero-order valence-electron chi connectivity index (χ0n) is 16.3. The molecule has 0 radical (unpaired) electrons.